The van der Waals surface area contributed by atoms with Crippen LogP contribution in [0.25, 0.3) is 43.6 Å². The Bertz CT molecular complexity index is 2070. The van der Waals surface area contributed by atoms with Crippen LogP contribution in [0.4, 0.5) is 26.3 Å². The van der Waals surface area contributed by atoms with Gasteiger partial charge in [0.1, 0.15) is 0 Å². The third-order valence-corrected chi connectivity index (χ3v) is 7.30. The molecule has 6 aromatic rings. The Hall–Kier alpha value is -3.28. The van der Waals surface area contributed by atoms with Crippen LogP contribution in [-0.2, 0) is 61.1 Å². The van der Waals surface area contributed by atoms with Gasteiger partial charge in [0.15, 0.2) is 20.2 Å². The zero-order valence-corrected chi connectivity index (χ0v) is 31.5. The number of hydrogen-bond donors (Lipinski definition) is 0. The fourth-order valence-corrected chi connectivity index (χ4v) is 3.93. The quantitative estimate of drug-likeness (QED) is 0.0520. The minimum Gasteiger partial charge on any atom is -0.870 e. The van der Waals surface area contributed by atoms with Gasteiger partial charge in [-0.15, -0.1) is 0 Å². The molecule has 0 radical (unpaired) electrons. The van der Waals surface area contributed by atoms with E-state index in [0.29, 0.717) is 0 Å². The molecule has 0 aliphatic rings. The van der Waals surface area contributed by atoms with Gasteiger partial charge in [-0.3, -0.25) is 19.9 Å². The van der Waals surface area contributed by atoms with Crippen molar-refractivity contribution in [3.05, 3.63) is 95.6 Å². The van der Waals surface area contributed by atoms with Crippen LogP contribution in [0.15, 0.2) is 72.8 Å². The molecule has 52 heavy (non-hydrogen) atoms. The third-order valence-electron chi connectivity index (χ3n) is 6.16. The molecule has 0 saturated heterocycles. The summed E-state index contributed by atoms with van der Waals surface area (Å²) in [6.45, 7) is 8.03. The van der Waals surface area contributed by atoms with Crippen molar-refractivity contribution >= 4 is 63.8 Å². The maximum absolute atomic E-state index is 10.7. The van der Waals surface area contributed by atoms with Crippen LogP contribution in [0.5, 0.6) is 0 Å². The Balaban J connectivity index is 0. The van der Waals surface area contributed by atoms with Crippen molar-refractivity contribution in [2.45, 2.75) is 38.7 Å². The Morgan fingerprint density at radius 2 is 0.558 bits per heavy atom. The summed E-state index contributed by atoms with van der Waals surface area (Å²) in [7, 11) is -12.2. The average molecular weight is 962 g/mol. The number of nitrogens with zero attached hydrogens (tertiary/aromatic N) is 4. The van der Waals surface area contributed by atoms with Gasteiger partial charge in [-0.1, -0.05) is 48.5 Å². The van der Waals surface area contributed by atoms with Crippen molar-refractivity contribution in [3.63, 3.8) is 0 Å². The maximum atomic E-state index is 10.7. The summed E-state index contributed by atoms with van der Waals surface area (Å²) in [4.78, 5) is 18.3. The summed E-state index contributed by atoms with van der Waals surface area (Å²) >= 11 is 0. The van der Waals surface area contributed by atoms with E-state index in [4.69, 9.17) is 25.9 Å². The minimum atomic E-state index is -6.09. The molecule has 6 rings (SSSR count). The van der Waals surface area contributed by atoms with E-state index in [9.17, 15) is 26.3 Å². The topological polar surface area (TPSA) is 226 Å². The second kappa shape index (κ2) is 19.7. The Kier molecular flexibility index (Phi) is 19.3. The second-order valence-electron chi connectivity index (χ2n) is 10.0. The summed E-state index contributed by atoms with van der Waals surface area (Å²) in [6, 6.07) is 24.9. The van der Waals surface area contributed by atoms with Crippen LogP contribution in [-0.4, -0.2) is 67.8 Å². The first-order valence-electron chi connectivity index (χ1n) is 13.3. The number of aromatic nitrogens is 4. The zero-order valence-electron chi connectivity index (χ0n) is 26.8. The number of aryl methyl sites for hydroxylation is 4. The fraction of sp³-hybridized carbons (Fsp3) is 0.200. The Labute approximate surface area is 320 Å². The fourth-order valence-electron chi connectivity index (χ4n) is 3.93. The van der Waals surface area contributed by atoms with Gasteiger partial charge in [0, 0.05) is 44.3 Å². The first-order chi connectivity index (χ1) is 22.0. The van der Waals surface area contributed by atoms with Crippen LogP contribution < -0.4 is 0 Å². The van der Waals surface area contributed by atoms with Gasteiger partial charge in [-0.05, 0) is 52.0 Å². The molecule has 22 heteroatoms. The molecule has 4 aromatic heterocycles. The molecule has 12 nitrogen and oxygen atoms in total. The van der Waals surface area contributed by atoms with Crippen LogP contribution in [0.1, 0.15) is 22.8 Å². The predicted octanol–water partition coefficient (Wildman–Crippen LogP) is 6.54. The molecule has 0 aliphatic heterocycles. The summed E-state index contributed by atoms with van der Waals surface area (Å²) in [5, 5.41) is 4.60. The molecule has 0 saturated carbocycles. The number of pyridine rings is 4. The molecule has 0 fully saturated rings. The summed E-state index contributed by atoms with van der Waals surface area (Å²) < 4.78 is 118. The molecule has 4 heterocycles. The van der Waals surface area contributed by atoms with E-state index < -0.39 is 31.3 Å². The van der Waals surface area contributed by atoms with Crippen molar-refractivity contribution in [2.24, 2.45) is 0 Å². The molecule has 2 N–H and O–H groups in total. The van der Waals surface area contributed by atoms with Gasteiger partial charge in [0.2, 0.25) is 0 Å². The van der Waals surface area contributed by atoms with Gasteiger partial charge in [-0.2, -0.15) is 26.3 Å². The van der Waals surface area contributed by atoms with E-state index in [1.807, 2.05) is 52.0 Å². The van der Waals surface area contributed by atoms with E-state index in [1.54, 1.807) is 0 Å². The van der Waals surface area contributed by atoms with Crippen LogP contribution in [0.3, 0.4) is 0 Å². The van der Waals surface area contributed by atoms with Crippen molar-refractivity contribution in [1.29, 1.82) is 0 Å². The molecule has 0 unspecified atom stereocenters. The number of fused-ring (bicyclic) bond motifs is 6. The smallest absolute Gasteiger partial charge is 0.870 e. The summed E-state index contributed by atoms with van der Waals surface area (Å²) in [5.41, 5.74) is -3.16. The van der Waals surface area contributed by atoms with Crippen LogP contribution >= 0.6 is 0 Å². The molecular weight excluding hydrogens is 935 g/mol. The molecule has 288 valence electrons. The number of rotatable bonds is 0. The standard InChI is InChI=1S/2C14H12N2.2CHF3O3S.2H2O.2Pd/c2*1-9-3-5-11-7-8-12-6-4-10(2)16-14(12)13(11)15-9;2*2-1(3,4)8(5,6)7;;;;/h2*3-8H,1-2H3;2*(H,5,6,7);2*1H2;;/q;;;;;;2*+2/p-4. The monoisotopic (exact) mass is 960 g/mol. The van der Waals surface area contributed by atoms with E-state index in [-0.39, 0.29) is 51.8 Å². The predicted molar refractivity (Wildman–Crippen MR) is 168 cm³/mol. The second-order valence-corrected chi connectivity index (χ2v) is 12.8. The largest absolute Gasteiger partial charge is 2.00 e. The maximum Gasteiger partial charge on any atom is 2.00 e. The molecule has 0 bridgehead atoms. The van der Waals surface area contributed by atoms with Gasteiger partial charge >= 0.3 is 51.9 Å². The van der Waals surface area contributed by atoms with Crippen molar-refractivity contribution in [1.82, 2.24) is 19.9 Å². The van der Waals surface area contributed by atoms with E-state index in [2.05, 4.69) is 68.5 Å². The number of alkyl halides is 6. The summed E-state index contributed by atoms with van der Waals surface area (Å²) in [5.74, 6) is 0. The van der Waals surface area contributed by atoms with Gasteiger partial charge in [0.05, 0.1) is 22.1 Å². The molecule has 0 amide bonds. The first kappa shape index (κ1) is 50.8. The average Bonchev–Trinajstić information content (AvgIpc) is 2.96. The van der Waals surface area contributed by atoms with Crippen LogP contribution in [0, 0.1) is 27.7 Å². The van der Waals surface area contributed by atoms with E-state index in [1.165, 1.54) is 0 Å². The van der Waals surface area contributed by atoms with E-state index >= 15 is 0 Å². The molecule has 2 aromatic carbocycles. The summed E-state index contributed by atoms with van der Waals surface area (Å²) in [6.07, 6.45) is 0. The normalized spacial score (nSPS) is 11.2. The molecule has 0 atom stereocenters. The van der Waals surface area contributed by atoms with Gasteiger partial charge in [-0.25, -0.2) is 16.8 Å². The molecule has 0 aliphatic carbocycles. The van der Waals surface area contributed by atoms with Crippen molar-refractivity contribution in [2.75, 3.05) is 0 Å². The van der Waals surface area contributed by atoms with Crippen molar-refractivity contribution in [3.8, 4) is 0 Å². The van der Waals surface area contributed by atoms with Gasteiger partial charge in [0.25, 0.3) is 0 Å². The Morgan fingerprint density at radius 3 is 0.692 bits per heavy atom. The molecule has 0 spiro atoms. The first-order valence-corrected chi connectivity index (χ1v) is 16.1. The molecular formula is C30H26F6N4O8Pd2S2. The van der Waals surface area contributed by atoms with Crippen LogP contribution in [0.2, 0.25) is 0 Å². The SMILES string of the molecule is Cc1ccc2ccc3ccc(C)nc3c2n1.Cc1ccc2ccc3ccc(C)nc3c2n1.O=S(=O)([O-])C(F)(F)F.O=S(=O)([O-])C(F)(F)F.[OH-].[OH-].[Pd+2].[Pd+2]. The zero-order chi connectivity index (χ0) is 36.2. The minimum absolute atomic E-state index is 0. The third kappa shape index (κ3) is 13.6. The Morgan fingerprint density at radius 1 is 0.423 bits per heavy atom. The van der Waals surface area contributed by atoms with Gasteiger partial charge < -0.3 is 20.1 Å². The number of halogens is 6. The number of hydrogen-bond acceptors (Lipinski definition) is 12. The van der Waals surface area contributed by atoms with E-state index in [0.717, 1.165) is 66.4 Å². The number of benzene rings is 2. The van der Waals surface area contributed by atoms with Crippen molar-refractivity contribution < 1.29 is 104 Å².